The van der Waals surface area contributed by atoms with Gasteiger partial charge in [-0.15, -0.1) is 0 Å². The summed E-state index contributed by atoms with van der Waals surface area (Å²) in [4.78, 5) is 12.1. The number of carbonyl (C=O) groups excluding carboxylic acids is 1. The normalized spacial score (nSPS) is 10.8. The molecule has 1 amide bonds. The Bertz CT molecular complexity index is 858. The molecule has 8 heteroatoms. The number of hydrogen-bond donors (Lipinski definition) is 2. The van der Waals surface area contributed by atoms with Crippen molar-refractivity contribution in [2.75, 3.05) is 17.7 Å². The van der Waals surface area contributed by atoms with E-state index in [2.05, 4.69) is 10.6 Å². The van der Waals surface area contributed by atoms with E-state index in [4.69, 9.17) is 21.6 Å². The molecule has 0 bridgehead atoms. The minimum Gasteiger partial charge on any atom is -0.495 e. The average Bonchev–Trinajstić information content (AvgIpc) is 2.58. The standard InChI is InChI=1S/C17H12ClF2N3O2/c1-25-15-6-5-11(7-12(15)18)23-17(24)10(8-21)9-22-16-13(19)3-2-4-14(16)20/h2-7,9,22H,1H3,(H,23,24)/b10-9-. The Kier molecular flexibility index (Phi) is 5.93. The van der Waals surface area contributed by atoms with Gasteiger partial charge in [0.15, 0.2) is 0 Å². The molecular formula is C17H12ClF2N3O2. The fourth-order valence-corrected chi connectivity index (χ4v) is 2.13. The minimum absolute atomic E-state index is 0.273. The zero-order chi connectivity index (χ0) is 18.4. The Labute approximate surface area is 147 Å². The number of halogens is 3. The number of ether oxygens (including phenoxy) is 1. The second kappa shape index (κ2) is 8.13. The van der Waals surface area contributed by atoms with Crippen molar-refractivity contribution in [1.82, 2.24) is 0 Å². The first-order valence-electron chi connectivity index (χ1n) is 6.92. The predicted octanol–water partition coefficient (Wildman–Crippen LogP) is 4.08. The molecule has 0 aromatic heterocycles. The van der Waals surface area contributed by atoms with E-state index in [9.17, 15) is 13.6 Å². The molecule has 0 aliphatic rings. The lowest BCUT2D eigenvalue weighted by molar-refractivity contribution is -0.112. The zero-order valence-corrected chi connectivity index (χ0v) is 13.7. The molecule has 0 radical (unpaired) electrons. The van der Waals surface area contributed by atoms with Gasteiger partial charge >= 0.3 is 0 Å². The van der Waals surface area contributed by atoms with E-state index in [1.807, 2.05) is 0 Å². The van der Waals surface area contributed by atoms with Crippen molar-refractivity contribution in [3.8, 4) is 11.8 Å². The molecule has 2 aromatic rings. The van der Waals surface area contributed by atoms with E-state index in [1.54, 1.807) is 12.1 Å². The minimum atomic E-state index is -0.851. The molecule has 2 rings (SSSR count). The topological polar surface area (TPSA) is 74.1 Å². The van der Waals surface area contributed by atoms with Gasteiger partial charge in [-0.3, -0.25) is 4.79 Å². The summed E-state index contributed by atoms with van der Waals surface area (Å²) in [7, 11) is 1.45. The van der Waals surface area contributed by atoms with Crippen molar-refractivity contribution in [3.63, 3.8) is 0 Å². The first-order valence-corrected chi connectivity index (χ1v) is 7.29. The van der Waals surface area contributed by atoms with Crippen LogP contribution in [0.15, 0.2) is 48.2 Å². The Morgan fingerprint density at radius 3 is 2.52 bits per heavy atom. The van der Waals surface area contributed by atoms with Crippen LogP contribution >= 0.6 is 11.6 Å². The number of methoxy groups -OCH3 is 1. The van der Waals surface area contributed by atoms with Crippen LogP contribution in [-0.2, 0) is 4.79 Å². The number of hydrogen-bond acceptors (Lipinski definition) is 4. The molecule has 0 aliphatic heterocycles. The summed E-state index contributed by atoms with van der Waals surface area (Å²) in [6.45, 7) is 0. The van der Waals surface area contributed by atoms with Crippen LogP contribution in [0, 0.1) is 23.0 Å². The molecule has 0 spiro atoms. The maximum absolute atomic E-state index is 13.5. The fourth-order valence-electron chi connectivity index (χ4n) is 1.87. The van der Waals surface area contributed by atoms with E-state index in [0.717, 1.165) is 18.3 Å². The quantitative estimate of drug-likeness (QED) is 0.620. The number of para-hydroxylation sites is 1. The molecule has 0 heterocycles. The molecule has 5 nitrogen and oxygen atoms in total. The molecular weight excluding hydrogens is 352 g/mol. The second-order valence-corrected chi connectivity index (χ2v) is 5.12. The molecule has 0 saturated heterocycles. The molecule has 0 aliphatic carbocycles. The number of nitrogens with one attached hydrogen (secondary N) is 2. The summed E-state index contributed by atoms with van der Waals surface area (Å²) in [6.07, 6.45) is 0.919. The zero-order valence-electron chi connectivity index (χ0n) is 12.9. The van der Waals surface area contributed by atoms with Crippen LogP contribution in [0.3, 0.4) is 0 Å². The van der Waals surface area contributed by atoms with Gasteiger partial charge in [0, 0.05) is 11.9 Å². The van der Waals surface area contributed by atoms with Crippen molar-refractivity contribution in [2.24, 2.45) is 0 Å². The molecule has 0 saturated carbocycles. The van der Waals surface area contributed by atoms with Crippen LogP contribution in [0.5, 0.6) is 5.75 Å². The van der Waals surface area contributed by atoms with E-state index in [1.165, 1.54) is 25.3 Å². The third-order valence-corrected chi connectivity index (χ3v) is 3.39. The van der Waals surface area contributed by atoms with Crippen LogP contribution in [0.25, 0.3) is 0 Å². The van der Waals surface area contributed by atoms with Crippen LogP contribution in [0.4, 0.5) is 20.2 Å². The highest BCUT2D eigenvalue weighted by atomic mass is 35.5. The fraction of sp³-hybridized carbons (Fsp3) is 0.0588. The number of nitriles is 1. The summed E-state index contributed by atoms with van der Waals surface area (Å²) in [5.41, 5.74) is -0.515. The summed E-state index contributed by atoms with van der Waals surface area (Å²) >= 11 is 5.95. The van der Waals surface area contributed by atoms with Gasteiger partial charge in [0.25, 0.3) is 5.91 Å². The lowest BCUT2D eigenvalue weighted by Gasteiger charge is -2.08. The lowest BCUT2D eigenvalue weighted by Crippen LogP contribution is -2.14. The van der Waals surface area contributed by atoms with Gasteiger partial charge in [-0.05, 0) is 30.3 Å². The van der Waals surface area contributed by atoms with Gasteiger partial charge in [0.2, 0.25) is 0 Å². The molecule has 0 atom stereocenters. The highest BCUT2D eigenvalue weighted by Gasteiger charge is 2.12. The monoisotopic (exact) mass is 363 g/mol. The molecule has 2 aromatic carbocycles. The largest absolute Gasteiger partial charge is 0.495 e. The number of amides is 1. The highest BCUT2D eigenvalue weighted by molar-refractivity contribution is 6.32. The van der Waals surface area contributed by atoms with Crippen LogP contribution < -0.4 is 15.4 Å². The predicted molar refractivity (Wildman–Crippen MR) is 90.3 cm³/mol. The SMILES string of the molecule is COc1ccc(NC(=O)/C(C#N)=C\Nc2c(F)cccc2F)cc1Cl. The van der Waals surface area contributed by atoms with Gasteiger partial charge < -0.3 is 15.4 Å². The highest BCUT2D eigenvalue weighted by Crippen LogP contribution is 2.27. The van der Waals surface area contributed by atoms with Crippen LogP contribution in [0.1, 0.15) is 0 Å². The second-order valence-electron chi connectivity index (χ2n) is 4.71. The summed E-state index contributed by atoms with van der Waals surface area (Å²) in [6, 6.07) is 9.46. The number of benzene rings is 2. The van der Waals surface area contributed by atoms with Crippen molar-refractivity contribution in [1.29, 1.82) is 5.26 Å². The lowest BCUT2D eigenvalue weighted by atomic mass is 10.2. The van der Waals surface area contributed by atoms with Gasteiger partial charge in [-0.1, -0.05) is 17.7 Å². The number of carbonyl (C=O) groups is 1. The molecule has 0 fully saturated rings. The summed E-state index contributed by atoms with van der Waals surface area (Å²) < 4.78 is 32.0. The maximum atomic E-state index is 13.5. The van der Waals surface area contributed by atoms with Crippen molar-refractivity contribution in [2.45, 2.75) is 0 Å². The number of rotatable bonds is 5. The molecule has 2 N–H and O–H groups in total. The molecule has 0 unspecified atom stereocenters. The summed E-state index contributed by atoms with van der Waals surface area (Å²) in [5.74, 6) is -2.05. The maximum Gasteiger partial charge on any atom is 0.267 e. The third kappa shape index (κ3) is 4.46. The van der Waals surface area contributed by atoms with E-state index in [-0.39, 0.29) is 10.6 Å². The summed E-state index contributed by atoms with van der Waals surface area (Å²) in [5, 5.41) is 14.1. The first kappa shape index (κ1) is 18.2. The Morgan fingerprint density at radius 2 is 1.96 bits per heavy atom. The van der Waals surface area contributed by atoms with Crippen LogP contribution in [-0.4, -0.2) is 13.0 Å². The van der Waals surface area contributed by atoms with Crippen molar-refractivity contribution < 1.29 is 18.3 Å². The van der Waals surface area contributed by atoms with E-state index < -0.39 is 23.2 Å². The first-order chi connectivity index (χ1) is 12.0. The van der Waals surface area contributed by atoms with E-state index in [0.29, 0.717) is 11.4 Å². The third-order valence-electron chi connectivity index (χ3n) is 3.10. The molecule has 128 valence electrons. The number of nitrogens with zero attached hydrogens (tertiary/aromatic N) is 1. The number of anilines is 2. The van der Waals surface area contributed by atoms with E-state index >= 15 is 0 Å². The smallest absolute Gasteiger partial charge is 0.267 e. The Hall–Kier alpha value is -3.11. The van der Waals surface area contributed by atoms with Gasteiger partial charge in [-0.25, -0.2) is 8.78 Å². The van der Waals surface area contributed by atoms with Gasteiger partial charge in [0.1, 0.15) is 34.7 Å². The van der Waals surface area contributed by atoms with Gasteiger partial charge in [-0.2, -0.15) is 5.26 Å². The van der Waals surface area contributed by atoms with Crippen molar-refractivity contribution >= 4 is 28.9 Å². The Balaban J connectivity index is 2.16. The van der Waals surface area contributed by atoms with Gasteiger partial charge in [0.05, 0.1) is 12.1 Å². The average molecular weight is 364 g/mol. The Morgan fingerprint density at radius 1 is 1.28 bits per heavy atom. The molecule has 25 heavy (non-hydrogen) atoms. The van der Waals surface area contributed by atoms with Crippen LogP contribution in [0.2, 0.25) is 5.02 Å². The van der Waals surface area contributed by atoms with Crippen molar-refractivity contribution in [3.05, 3.63) is 64.8 Å².